The molecule has 0 fully saturated rings. The van der Waals surface area contributed by atoms with E-state index in [1.54, 1.807) is 12.1 Å². The smallest absolute Gasteiger partial charge is 0.101 e. The Morgan fingerprint density at radius 2 is 1.24 bits per heavy atom. The molecule has 0 saturated carbocycles. The first-order valence-electron chi connectivity index (χ1n) is 5.62. The average molecular weight is 243 g/mol. The molecule has 98 valence electrons. The number of hydrogen-bond acceptors (Lipinski definition) is 4. The van der Waals surface area contributed by atoms with Crippen molar-refractivity contribution in [3.8, 4) is 5.75 Å². The third-order valence-corrected chi connectivity index (χ3v) is 2.14. The fourth-order valence-electron chi connectivity index (χ4n) is 1.27. The van der Waals surface area contributed by atoms with Gasteiger partial charge in [0.05, 0.1) is 19.8 Å². The second-order valence-electron chi connectivity index (χ2n) is 3.48. The van der Waals surface area contributed by atoms with Crippen molar-refractivity contribution in [2.24, 2.45) is 0 Å². The fraction of sp³-hybridized carbons (Fsp3) is 0.500. The van der Waals surface area contributed by atoms with E-state index >= 15 is 0 Å². The van der Waals surface area contributed by atoms with Crippen LogP contribution in [0.4, 0.5) is 0 Å². The van der Waals surface area contributed by atoms with Crippen molar-refractivity contribution in [3.05, 3.63) is 30.3 Å². The monoisotopic (exact) mass is 243 g/mol. The molecule has 4 N–H and O–H groups in total. The van der Waals surface area contributed by atoms with Crippen LogP contribution in [-0.2, 0) is 0 Å². The molecule has 0 heterocycles. The summed E-state index contributed by atoms with van der Waals surface area (Å²) in [5.41, 5.74) is 0. The van der Waals surface area contributed by atoms with Crippen LogP contribution >= 0.6 is 0 Å². The molecule has 5 heteroatoms. The molecular weight excluding hydrogens is 222 g/mol. The first kappa shape index (κ1) is 15.9. The molecule has 0 spiro atoms. The van der Waals surface area contributed by atoms with E-state index in [4.69, 9.17) is 15.3 Å². The Bertz CT molecular complexity index is 242. The molecule has 0 atom stereocenters. The van der Waals surface area contributed by atoms with Crippen molar-refractivity contribution in [1.82, 2.24) is 0 Å². The number of rotatable bonds is 6. The quantitative estimate of drug-likeness (QED) is 0.449. The van der Waals surface area contributed by atoms with E-state index in [2.05, 4.69) is 0 Å². The van der Waals surface area contributed by atoms with Crippen LogP contribution in [0.1, 0.15) is 0 Å². The maximum Gasteiger partial charge on any atom is 0.101 e. The fourth-order valence-corrected chi connectivity index (χ4v) is 1.27. The van der Waals surface area contributed by atoms with Crippen LogP contribution in [-0.4, -0.2) is 54.8 Å². The minimum absolute atomic E-state index is 0.0718. The molecule has 1 aromatic rings. The Labute approximate surface area is 102 Å². The van der Waals surface area contributed by atoms with Gasteiger partial charge in [-0.25, -0.2) is 0 Å². The number of aliphatic hydroxyl groups is 3. The van der Waals surface area contributed by atoms with Crippen molar-refractivity contribution in [1.29, 1.82) is 0 Å². The van der Waals surface area contributed by atoms with Gasteiger partial charge in [-0.05, 0) is 0 Å². The lowest BCUT2D eigenvalue weighted by molar-refractivity contribution is -0.901. The van der Waals surface area contributed by atoms with E-state index in [0.29, 0.717) is 19.6 Å². The molecule has 17 heavy (non-hydrogen) atoms. The number of nitrogens with one attached hydrogen (secondary N) is 1. The Morgan fingerprint density at radius 3 is 1.47 bits per heavy atom. The van der Waals surface area contributed by atoms with Crippen molar-refractivity contribution >= 4 is 0 Å². The van der Waals surface area contributed by atoms with Crippen LogP contribution in [0.3, 0.4) is 0 Å². The van der Waals surface area contributed by atoms with Gasteiger partial charge in [0.1, 0.15) is 19.6 Å². The molecule has 1 aromatic carbocycles. The SMILES string of the molecule is OCC[NH+](CCO)CCO.[O-]c1ccccc1. The van der Waals surface area contributed by atoms with Crippen LogP contribution in [0.2, 0.25) is 0 Å². The van der Waals surface area contributed by atoms with Crippen LogP contribution in [0.15, 0.2) is 30.3 Å². The lowest BCUT2D eigenvalue weighted by atomic mass is 10.3. The summed E-state index contributed by atoms with van der Waals surface area (Å²) < 4.78 is 0. The second-order valence-corrected chi connectivity index (χ2v) is 3.48. The average Bonchev–Trinajstić information content (AvgIpc) is 2.32. The molecule has 0 unspecified atom stereocenters. The van der Waals surface area contributed by atoms with Gasteiger partial charge in [-0.1, -0.05) is 30.3 Å². The lowest BCUT2D eigenvalue weighted by Gasteiger charge is -2.15. The van der Waals surface area contributed by atoms with Gasteiger partial charge < -0.3 is 25.3 Å². The van der Waals surface area contributed by atoms with Gasteiger partial charge >= 0.3 is 0 Å². The minimum atomic E-state index is 0.0718. The lowest BCUT2D eigenvalue weighted by Crippen LogP contribution is -3.13. The highest BCUT2D eigenvalue weighted by Crippen LogP contribution is 1.98. The van der Waals surface area contributed by atoms with Gasteiger partial charge in [-0.15, -0.1) is 5.75 Å². The third-order valence-electron chi connectivity index (χ3n) is 2.14. The summed E-state index contributed by atoms with van der Waals surface area (Å²) in [5, 5.41) is 35.8. The van der Waals surface area contributed by atoms with Crippen molar-refractivity contribution in [2.75, 3.05) is 39.5 Å². The maximum atomic E-state index is 10.3. The summed E-state index contributed by atoms with van der Waals surface area (Å²) in [6.45, 7) is 2.11. The van der Waals surface area contributed by atoms with Crippen molar-refractivity contribution in [3.63, 3.8) is 0 Å². The Hall–Kier alpha value is -1.14. The molecule has 0 aliphatic rings. The van der Waals surface area contributed by atoms with Crippen molar-refractivity contribution < 1.29 is 25.3 Å². The van der Waals surface area contributed by atoms with E-state index < -0.39 is 0 Å². The van der Waals surface area contributed by atoms with Crippen molar-refractivity contribution in [2.45, 2.75) is 0 Å². The van der Waals surface area contributed by atoms with Gasteiger partial charge in [-0.2, -0.15) is 0 Å². The van der Waals surface area contributed by atoms with Gasteiger partial charge in [0.15, 0.2) is 0 Å². The normalized spacial score (nSPS) is 9.88. The maximum absolute atomic E-state index is 10.3. The molecular formula is C12H21NO4. The van der Waals surface area contributed by atoms with E-state index in [0.717, 1.165) is 4.90 Å². The summed E-state index contributed by atoms with van der Waals surface area (Å²) in [6.07, 6.45) is 0. The second kappa shape index (κ2) is 11.3. The number of aliphatic hydroxyl groups excluding tert-OH is 3. The number of quaternary nitrogens is 1. The predicted octanol–water partition coefficient (Wildman–Crippen LogP) is -2.39. The van der Waals surface area contributed by atoms with Gasteiger partial charge in [0, 0.05) is 0 Å². The molecule has 5 nitrogen and oxygen atoms in total. The summed E-state index contributed by atoms with van der Waals surface area (Å²) in [4.78, 5) is 1.03. The highest BCUT2D eigenvalue weighted by Gasteiger charge is 2.03. The number of hydrogen-bond donors (Lipinski definition) is 4. The molecule has 0 aromatic heterocycles. The Morgan fingerprint density at radius 1 is 0.824 bits per heavy atom. The third kappa shape index (κ3) is 9.77. The zero-order valence-corrected chi connectivity index (χ0v) is 9.88. The van der Waals surface area contributed by atoms with E-state index in [1.807, 2.05) is 6.07 Å². The summed E-state index contributed by atoms with van der Waals surface area (Å²) in [5.74, 6) is 0.0718. The zero-order valence-electron chi connectivity index (χ0n) is 9.88. The standard InChI is InChI=1S/C6H15NO3.C6H6O/c8-4-1-7(2-5-9)3-6-10;7-6-4-2-1-3-5-6/h8-10H,1-6H2;1-5,7H. The predicted molar refractivity (Wildman–Crippen MR) is 62.7 cm³/mol. The topological polar surface area (TPSA) is 88.2 Å². The molecule has 1 rings (SSSR count). The van der Waals surface area contributed by atoms with Gasteiger partial charge in [0.25, 0.3) is 0 Å². The Kier molecular flexibility index (Phi) is 10.6. The summed E-state index contributed by atoms with van der Waals surface area (Å²) in [7, 11) is 0. The molecule has 0 amide bonds. The number of para-hydroxylation sites is 1. The van der Waals surface area contributed by atoms with Crippen LogP contribution in [0.5, 0.6) is 5.75 Å². The molecule has 0 radical (unpaired) electrons. The zero-order chi connectivity index (χ0) is 12.9. The van der Waals surface area contributed by atoms with Gasteiger partial charge in [0.2, 0.25) is 0 Å². The van der Waals surface area contributed by atoms with Crippen LogP contribution in [0.25, 0.3) is 0 Å². The van der Waals surface area contributed by atoms with Crippen LogP contribution in [0, 0.1) is 0 Å². The first-order valence-corrected chi connectivity index (χ1v) is 5.62. The van der Waals surface area contributed by atoms with Gasteiger partial charge in [-0.3, -0.25) is 0 Å². The molecule has 0 saturated heterocycles. The largest absolute Gasteiger partial charge is 0.872 e. The molecule has 0 bridgehead atoms. The summed E-state index contributed by atoms with van der Waals surface area (Å²) >= 11 is 0. The first-order chi connectivity index (χ1) is 8.24. The molecule has 0 aliphatic carbocycles. The van der Waals surface area contributed by atoms with E-state index in [1.165, 1.54) is 12.1 Å². The highest BCUT2D eigenvalue weighted by molar-refractivity contribution is 5.17. The molecule has 0 aliphatic heterocycles. The highest BCUT2D eigenvalue weighted by atomic mass is 16.3. The van der Waals surface area contributed by atoms with Crippen LogP contribution < -0.4 is 10.0 Å². The minimum Gasteiger partial charge on any atom is -0.872 e. The van der Waals surface area contributed by atoms with E-state index in [-0.39, 0.29) is 25.6 Å². The number of benzene rings is 1. The van der Waals surface area contributed by atoms with E-state index in [9.17, 15) is 5.11 Å². The Balaban J connectivity index is 0.000000318. The summed E-state index contributed by atoms with van der Waals surface area (Å²) in [6, 6.07) is 8.33.